The Morgan fingerprint density at radius 3 is 2.32 bits per heavy atom. The Bertz CT molecular complexity index is 1160. The molecule has 4 aromatic rings. The molecule has 0 unspecified atom stereocenters. The van der Waals surface area contributed by atoms with Gasteiger partial charge in [0.2, 0.25) is 5.88 Å². The Balaban J connectivity index is 2.04. The van der Waals surface area contributed by atoms with E-state index in [-0.39, 0.29) is 6.10 Å². The van der Waals surface area contributed by atoms with Gasteiger partial charge in [0.05, 0.1) is 11.1 Å². The SMILES string of the molecule is CC(C)Oc1ncnc2c1nc(-c1ccc(Cl)cc1Cl)n2-c1ccc(Cl)cc1. The van der Waals surface area contributed by atoms with E-state index in [4.69, 9.17) is 44.5 Å². The maximum atomic E-state index is 6.47. The molecule has 0 N–H and O–H groups in total. The third kappa shape index (κ3) is 3.53. The largest absolute Gasteiger partial charge is 0.473 e. The lowest BCUT2D eigenvalue weighted by atomic mass is 10.2. The fraction of sp³-hybridized carbons (Fsp3) is 0.150. The van der Waals surface area contributed by atoms with Gasteiger partial charge in [-0.15, -0.1) is 0 Å². The van der Waals surface area contributed by atoms with Crippen LogP contribution < -0.4 is 4.74 Å². The van der Waals surface area contributed by atoms with Crippen molar-refractivity contribution in [1.82, 2.24) is 19.5 Å². The second kappa shape index (κ2) is 7.59. The molecule has 0 atom stereocenters. The number of nitrogens with zero attached hydrogens (tertiary/aromatic N) is 4. The maximum Gasteiger partial charge on any atom is 0.245 e. The molecule has 2 heterocycles. The van der Waals surface area contributed by atoms with Gasteiger partial charge in [0.15, 0.2) is 11.2 Å². The van der Waals surface area contributed by atoms with Crippen LogP contribution in [0.3, 0.4) is 0 Å². The molecule has 0 aliphatic rings. The van der Waals surface area contributed by atoms with Crippen LogP contribution in [0.2, 0.25) is 15.1 Å². The van der Waals surface area contributed by atoms with Crippen LogP contribution in [0.1, 0.15) is 13.8 Å². The van der Waals surface area contributed by atoms with Crippen molar-refractivity contribution < 1.29 is 4.74 Å². The summed E-state index contributed by atoms with van der Waals surface area (Å²) >= 11 is 18.6. The van der Waals surface area contributed by atoms with Crippen molar-refractivity contribution in [2.24, 2.45) is 0 Å². The van der Waals surface area contributed by atoms with Gasteiger partial charge < -0.3 is 4.74 Å². The molecule has 0 aliphatic carbocycles. The number of aromatic nitrogens is 4. The van der Waals surface area contributed by atoms with Crippen LogP contribution >= 0.6 is 34.8 Å². The molecule has 0 fully saturated rings. The topological polar surface area (TPSA) is 52.8 Å². The Labute approximate surface area is 176 Å². The predicted octanol–water partition coefficient (Wildman–Crippen LogP) is 6.23. The van der Waals surface area contributed by atoms with Gasteiger partial charge in [-0.1, -0.05) is 34.8 Å². The molecular formula is C20H15Cl3N4O. The normalized spacial score (nSPS) is 11.4. The zero-order chi connectivity index (χ0) is 19.8. The number of hydrogen-bond acceptors (Lipinski definition) is 4. The molecule has 0 spiro atoms. The van der Waals surface area contributed by atoms with Gasteiger partial charge in [0.1, 0.15) is 12.2 Å². The zero-order valence-electron chi connectivity index (χ0n) is 15.0. The highest BCUT2D eigenvalue weighted by Crippen LogP contribution is 2.35. The summed E-state index contributed by atoms with van der Waals surface area (Å²) < 4.78 is 7.73. The first-order valence-corrected chi connectivity index (χ1v) is 9.69. The summed E-state index contributed by atoms with van der Waals surface area (Å²) in [5, 5.41) is 1.67. The molecule has 28 heavy (non-hydrogen) atoms. The van der Waals surface area contributed by atoms with E-state index in [0.717, 1.165) is 11.3 Å². The number of hydrogen-bond donors (Lipinski definition) is 0. The van der Waals surface area contributed by atoms with Crippen molar-refractivity contribution in [3.63, 3.8) is 0 Å². The van der Waals surface area contributed by atoms with Crippen LogP contribution in [0.4, 0.5) is 0 Å². The van der Waals surface area contributed by atoms with E-state index in [1.165, 1.54) is 6.33 Å². The number of fused-ring (bicyclic) bond motifs is 1. The van der Waals surface area contributed by atoms with Crippen molar-refractivity contribution in [3.8, 4) is 23.0 Å². The van der Waals surface area contributed by atoms with E-state index in [0.29, 0.717) is 37.9 Å². The Hall–Kier alpha value is -2.34. The summed E-state index contributed by atoms with van der Waals surface area (Å²) in [6.07, 6.45) is 1.41. The number of halogens is 3. The van der Waals surface area contributed by atoms with Gasteiger partial charge in [-0.25, -0.2) is 9.97 Å². The van der Waals surface area contributed by atoms with E-state index in [2.05, 4.69) is 9.97 Å². The molecule has 0 aliphatic heterocycles. The van der Waals surface area contributed by atoms with Crippen molar-refractivity contribution in [2.45, 2.75) is 20.0 Å². The minimum atomic E-state index is -0.0543. The fourth-order valence-electron chi connectivity index (χ4n) is 2.87. The summed E-state index contributed by atoms with van der Waals surface area (Å²) in [5.41, 5.74) is 2.71. The first-order valence-electron chi connectivity index (χ1n) is 8.55. The van der Waals surface area contributed by atoms with Crippen LogP contribution in [0.15, 0.2) is 48.8 Å². The summed E-state index contributed by atoms with van der Waals surface area (Å²) in [4.78, 5) is 13.5. The predicted molar refractivity (Wildman–Crippen MR) is 113 cm³/mol. The first kappa shape index (κ1) is 19.0. The lowest BCUT2D eigenvalue weighted by molar-refractivity contribution is 0.235. The Morgan fingerprint density at radius 2 is 1.64 bits per heavy atom. The average molecular weight is 434 g/mol. The minimum Gasteiger partial charge on any atom is -0.473 e. The number of ether oxygens (including phenoxy) is 1. The molecule has 0 amide bonds. The van der Waals surface area contributed by atoms with Gasteiger partial charge in [0, 0.05) is 21.3 Å². The Kier molecular flexibility index (Phi) is 5.15. The number of rotatable bonds is 4. The van der Waals surface area contributed by atoms with Gasteiger partial charge in [0.25, 0.3) is 0 Å². The third-order valence-electron chi connectivity index (χ3n) is 4.01. The lowest BCUT2D eigenvalue weighted by Gasteiger charge is -2.11. The lowest BCUT2D eigenvalue weighted by Crippen LogP contribution is -2.07. The maximum absolute atomic E-state index is 6.47. The second-order valence-electron chi connectivity index (χ2n) is 6.39. The summed E-state index contributed by atoms with van der Waals surface area (Å²) in [7, 11) is 0. The zero-order valence-corrected chi connectivity index (χ0v) is 17.3. The first-order chi connectivity index (χ1) is 13.4. The highest BCUT2D eigenvalue weighted by molar-refractivity contribution is 6.36. The molecule has 0 saturated heterocycles. The van der Waals surface area contributed by atoms with E-state index >= 15 is 0 Å². The molecule has 8 heteroatoms. The van der Waals surface area contributed by atoms with Crippen LogP contribution in [0.25, 0.3) is 28.2 Å². The third-order valence-corrected chi connectivity index (χ3v) is 4.81. The highest BCUT2D eigenvalue weighted by atomic mass is 35.5. The van der Waals surface area contributed by atoms with Gasteiger partial charge in [-0.2, -0.15) is 4.98 Å². The quantitative estimate of drug-likeness (QED) is 0.383. The molecular weight excluding hydrogens is 419 g/mol. The van der Waals surface area contributed by atoms with E-state index in [9.17, 15) is 0 Å². The summed E-state index contributed by atoms with van der Waals surface area (Å²) in [5.74, 6) is 1.02. The van der Waals surface area contributed by atoms with Crippen molar-refractivity contribution in [3.05, 3.63) is 63.9 Å². The summed E-state index contributed by atoms with van der Waals surface area (Å²) in [6, 6.07) is 12.7. The van der Waals surface area contributed by atoms with Crippen molar-refractivity contribution in [2.75, 3.05) is 0 Å². The second-order valence-corrected chi connectivity index (χ2v) is 7.67. The smallest absolute Gasteiger partial charge is 0.245 e. The summed E-state index contributed by atoms with van der Waals surface area (Å²) in [6.45, 7) is 3.86. The van der Waals surface area contributed by atoms with Crippen molar-refractivity contribution >= 4 is 46.0 Å². The minimum absolute atomic E-state index is 0.0543. The molecule has 5 nitrogen and oxygen atoms in total. The van der Waals surface area contributed by atoms with Crippen LogP contribution in [0, 0.1) is 0 Å². The van der Waals surface area contributed by atoms with Crippen LogP contribution in [-0.2, 0) is 0 Å². The molecule has 4 rings (SSSR count). The molecule has 142 valence electrons. The standard InChI is InChI=1S/C20H15Cl3N4O/c1-11(2)28-20-17-19(24-10-25-20)27(14-6-3-12(21)4-7-14)18(26-17)15-8-5-13(22)9-16(15)23/h3-11H,1-2H3. The van der Waals surface area contributed by atoms with E-state index < -0.39 is 0 Å². The molecule has 0 bridgehead atoms. The molecule has 0 saturated carbocycles. The van der Waals surface area contributed by atoms with Gasteiger partial charge in [-0.3, -0.25) is 4.57 Å². The molecule has 0 radical (unpaired) electrons. The van der Waals surface area contributed by atoms with E-state index in [1.807, 2.05) is 48.7 Å². The average Bonchev–Trinajstić information content (AvgIpc) is 3.02. The highest BCUT2D eigenvalue weighted by Gasteiger charge is 2.21. The molecule has 2 aromatic heterocycles. The van der Waals surface area contributed by atoms with Crippen molar-refractivity contribution in [1.29, 1.82) is 0 Å². The monoisotopic (exact) mass is 432 g/mol. The van der Waals surface area contributed by atoms with Gasteiger partial charge >= 0.3 is 0 Å². The number of benzene rings is 2. The number of imidazole rings is 1. The van der Waals surface area contributed by atoms with Gasteiger partial charge in [-0.05, 0) is 56.3 Å². The Morgan fingerprint density at radius 1 is 0.929 bits per heavy atom. The van der Waals surface area contributed by atoms with Crippen LogP contribution in [-0.4, -0.2) is 25.6 Å². The van der Waals surface area contributed by atoms with Crippen LogP contribution in [0.5, 0.6) is 5.88 Å². The van der Waals surface area contributed by atoms with E-state index in [1.54, 1.807) is 12.1 Å². The molecule has 2 aromatic carbocycles. The fourth-order valence-corrected chi connectivity index (χ4v) is 3.49.